The van der Waals surface area contributed by atoms with Crippen LogP contribution >= 0.6 is 0 Å². The Bertz CT molecular complexity index is 696. The Balaban J connectivity index is 1.73. The van der Waals surface area contributed by atoms with Gasteiger partial charge < -0.3 is 15.8 Å². The van der Waals surface area contributed by atoms with Crippen molar-refractivity contribution in [2.75, 3.05) is 0 Å². The SMILES string of the molecule is CC1(C)OC(=O)N(C2CCC(NC(=O)C(=N)N)CC2)[C@H]1c1ccccc1. The van der Waals surface area contributed by atoms with E-state index in [1.54, 1.807) is 0 Å². The van der Waals surface area contributed by atoms with E-state index in [0.717, 1.165) is 31.2 Å². The minimum atomic E-state index is -0.599. The van der Waals surface area contributed by atoms with Gasteiger partial charge in [-0.3, -0.25) is 15.1 Å². The van der Waals surface area contributed by atoms with Crippen molar-refractivity contribution >= 4 is 17.8 Å². The number of hydrogen-bond acceptors (Lipinski definition) is 4. The summed E-state index contributed by atoms with van der Waals surface area (Å²) in [6.45, 7) is 3.89. The minimum absolute atomic E-state index is 0.00976. The lowest BCUT2D eigenvalue weighted by molar-refractivity contribution is -0.115. The highest BCUT2D eigenvalue weighted by molar-refractivity contribution is 6.35. The first-order chi connectivity index (χ1) is 12.3. The van der Waals surface area contributed by atoms with Crippen LogP contribution in [0.25, 0.3) is 0 Å². The highest BCUT2D eigenvalue weighted by atomic mass is 16.6. The Labute approximate surface area is 153 Å². The van der Waals surface area contributed by atoms with Gasteiger partial charge in [-0.1, -0.05) is 30.3 Å². The summed E-state index contributed by atoms with van der Waals surface area (Å²) >= 11 is 0. The van der Waals surface area contributed by atoms with Crippen LogP contribution in [0, 0.1) is 5.41 Å². The number of nitrogens with one attached hydrogen (secondary N) is 2. The van der Waals surface area contributed by atoms with Crippen molar-refractivity contribution in [1.29, 1.82) is 5.41 Å². The number of carbonyl (C=O) groups excluding carboxylic acids is 2. The number of rotatable bonds is 3. The van der Waals surface area contributed by atoms with Crippen molar-refractivity contribution in [2.45, 2.75) is 63.3 Å². The first kappa shape index (κ1) is 18.2. The van der Waals surface area contributed by atoms with Crippen LogP contribution in [0.15, 0.2) is 30.3 Å². The molecule has 0 radical (unpaired) electrons. The van der Waals surface area contributed by atoms with Gasteiger partial charge in [0.25, 0.3) is 5.91 Å². The van der Waals surface area contributed by atoms with Crippen LogP contribution in [0.3, 0.4) is 0 Å². The van der Waals surface area contributed by atoms with E-state index in [1.165, 1.54) is 0 Å². The van der Waals surface area contributed by atoms with Crippen molar-refractivity contribution in [3.05, 3.63) is 35.9 Å². The van der Waals surface area contributed by atoms with E-state index in [0.29, 0.717) is 0 Å². The molecule has 26 heavy (non-hydrogen) atoms. The summed E-state index contributed by atoms with van der Waals surface area (Å²) in [5.41, 5.74) is 5.68. The maximum atomic E-state index is 12.6. The van der Waals surface area contributed by atoms with Crippen LogP contribution < -0.4 is 11.1 Å². The van der Waals surface area contributed by atoms with Crippen LogP contribution in [0.4, 0.5) is 4.79 Å². The van der Waals surface area contributed by atoms with E-state index in [2.05, 4.69) is 5.32 Å². The zero-order chi connectivity index (χ0) is 18.9. The van der Waals surface area contributed by atoms with E-state index in [-0.39, 0.29) is 24.2 Å². The van der Waals surface area contributed by atoms with E-state index in [9.17, 15) is 9.59 Å². The summed E-state index contributed by atoms with van der Waals surface area (Å²) in [6, 6.07) is 9.89. The molecule has 2 fully saturated rings. The fourth-order valence-corrected chi connectivity index (χ4v) is 4.09. The number of ether oxygens (including phenoxy) is 1. The molecule has 2 amide bonds. The van der Waals surface area contributed by atoms with E-state index >= 15 is 0 Å². The molecule has 1 atom stereocenters. The quantitative estimate of drug-likeness (QED) is 0.569. The molecule has 0 aromatic heterocycles. The molecule has 7 nitrogen and oxygen atoms in total. The molecule has 1 aliphatic heterocycles. The van der Waals surface area contributed by atoms with Gasteiger partial charge in [-0.2, -0.15) is 0 Å². The molecule has 2 aliphatic rings. The second-order valence-corrected chi connectivity index (χ2v) is 7.58. The molecule has 140 valence electrons. The van der Waals surface area contributed by atoms with Crippen LogP contribution in [0.5, 0.6) is 0 Å². The standard InChI is InChI=1S/C19H26N4O3/c1-19(2)15(12-6-4-3-5-7-12)23(18(25)26-19)14-10-8-13(9-11-14)22-17(24)16(20)21/h3-7,13-15H,8-11H2,1-2H3,(H3,20,21)(H,22,24)/t13?,14?,15-/m0/s1. The molecule has 0 unspecified atom stereocenters. The monoisotopic (exact) mass is 358 g/mol. The number of benzene rings is 1. The molecule has 1 heterocycles. The van der Waals surface area contributed by atoms with Gasteiger partial charge in [0.1, 0.15) is 5.60 Å². The molecule has 0 spiro atoms. The molecular formula is C19H26N4O3. The minimum Gasteiger partial charge on any atom is -0.441 e. The van der Waals surface area contributed by atoms with Crippen molar-refractivity contribution in [3.63, 3.8) is 0 Å². The largest absolute Gasteiger partial charge is 0.441 e. The summed E-state index contributed by atoms with van der Waals surface area (Å²) in [5, 5.41) is 9.96. The Morgan fingerprint density at radius 2 is 1.85 bits per heavy atom. The third kappa shape index (κ3) is 3.52. The third-order valence-corrected chi connectivity index (χ3v) is 5.28. The number of carbonyl (C=O) groups is 2. The van der Waals surface area contributed by atoms with Gasteiger partial charge in [-0.05, 0) is 45.1 Å². The molecule has 1 aromatic carbocycles. The number of nitrogens with zero attached hydrogens (tertiary/aromatic N) is 1. The maximum absolute atomic E-state index is 12.6. The van der Waals surface area contributed by atoms with Crippen molar-refractivity contribution in [1.82, 2.24) is 10.2 Å². The molecule has 1 saturated carbocycles. The summed E-state index contributed by atoms with van der Waals surface area (Å²) < 4.78 is 5.68. The van der Waals surface area contributed by atoms with Gasteiger partial charge in [-0.15, -0.1) is 0 Å². The number of nitrogens with two attached hydrogens (primary N) is 1. The Morgan fingerprint density at radius 1 is 1.23 bits per heavy atom. The van der Waals surface area contributed by atoms with Crippen molar-refractivity contribution in [3.8, 4) is 0 Å². The zero-order valence-electron chi connectivity index (χ0n) is 15.2. The second kappa shape index (κ2) is 6.97. The Hall–Kier alpha value is -2.57. The molecule has 3 rings (SSSR count). The van der Waals surface area contributed by atoms with Crippen molar-refractivity contribution in [2.24, 2.45) is 5.73 Å². The fourth-order valence-electron chi connectivity index (χ4n) is 4.09. The molecule has 0 bridgehead atoms. The van der Waals surface area contributed by atoms with E-state index < -0.39 is 17.3 Å². The average Bonchev–Trinajstić information content (AvgIpc) is 2.84. The predicted molar refractivity (Wildman–Crippen MR) is 97.7 cm³/mol. The van der Waals surface area contributed by atoms with Gasteiger partial charge in [0, 0.05) is 12.1 Å². The van der Waals surface area contributed by atoms with Gasteiger partial charge in [0.15, 0.2) is 5.84 Å². The maximum Gasteiger partial charge on any atom is 0.411 e. The van der Waals surface area contributed by atoms with Crippen LogP contribution in [0.1, 0.15) is 51.1 Å². The highest BCUT2D eigenvalue weighted by Crippen LogP contribution is 2.44. The molecule has 7 heteroatoms. The van der Waals surface area contributed by atoms with Gasteiger partial charge in [0.2, 0.25) is 0 Å². The lowest BCUT2D eigenvalue weighted by Crippen LogP contribution is -2.48. The number of hydrogen-bond donors (Lipinski definition) is 3. The van der Waals surface area contributed by atoms with Gasteiger partial charge in [-0.25, -0.2) is 4.79 Å². The summed E-state index contributed by atoms with van der Waals surface area (Å²) in [4.78, 5) is 26.1. The Morgan fingerprint density at radius 3 is 2.42 bits per heavy atom. The van der Waals surface area contributed by atoms with Crippen molar-refractivity contribution < 1.29 is 14.3 Å². The normalized spacial score (nSPS) is 27.7. The number of cyclic esters (lactones) is 1. The van der Waals surface area contributed by atoms with Gasteiger partial charge >= 0.3 is 6.09 Å². The molecule has 4 N–H and O–H groups in total. The van der Waals surface area contributed by atoms with Gasteiger partial charge in [0.05, 0.1) is 6.04 Å². The van der Waals surface area contributed by atoms with E-state index in [1.807, 2.05) is 49.1 Å². The summed E-state index contributed by atoms with van der Waals surface area (Å²) in [5.74, 6) is -1.00. The van der Waals surface area contributed by atoms with Crippen LogP contribution in [-0.4, -0.2) is 40.4 Å². The first-order valence-electron chi connectivity index (χ1n) is 9.00. The van der Waals surface area contributed by atoms with Crippen LogP contribution in [-0.2, 0) is 9.53 Å². The highest BCUT2D eigenvalue weighted by Gasteiger charge is 2.51. The fraction of sp³-hybridized carbons (Fsp3) is 0.526. The predicted octanol–water partition coefficient (Wildman–Crippen LogP) is 2.32. The number of amides is 2. The first-order valence-corrected chi connectivity index (χ1v) is 9.00. The summed E-state index contributed by atoms with van der Waals surface area (Å²) in [7, 11) is 0. The third-order valence-electron chi connectivity index (χ3n) is 5.28. The van der Waals surface area contributed by atoms with E-state index in [4.69, 9.17) is 15.9 Å². The lowest BCUT2D eigenvalue weighted by atomic mass is 9.86. The van der Waals surface area contributed by atoms with Crippen LogP contribution in [0.2, 0.25) is 0 Å². The second-order valence-electron chi connectivity index (χ2n) is 7.58. The Kier molecular flexibility index (Phi) is 4.89. The smallest absolute Gasteiger partial charge is 0.411 e. The topological polar surface area (TPSA) is 109 Å². The number of amidine groups is 1. The molecule has 1 aromatic rings. The lowest BCUT2D eigenvalue weighted by Gasteiger charge is -2.38. The molecule has 1 saturated heterocycles. The summed E-state index contributed by atoms with van der Waals surface area (Å²) in [6.07, 6.45) is 2.76. The average molecular weight is 358 g/mol. The molecule has 1 aliphatic carbocycles. The molecular weight excluding hydrogens is 332 g/mol. The zero-order valence-corrected chi connectivity index (χ0v) is 15.2.